The van der Waals surface area contributed by atoms with E-state index in [1.807, 2.05) is 0 Å². The lowest BCUT2D eigenvalue weighted by atomic mass is 9.98. The lowest BCUT2D eigenvalue weighted by Gasteiger charge is -2.10. The average molecular weight is 279 g/mol. The van der Waals surface area contributed by atoms with Crippen molar-refractivity contribution in [3.05, 3.63) is 65.0 Å². The first-order valence-corrected chi connectivity index (χ1v) is 5.98. The first kappa shape index (κ1) is 14.2. The molecule has 1 aromatic carbocycles. The maximum Gasteiger partial charge on any atom is 0.416 e. The first-order chi connectivity index (χ1) is 9.38. The molecule has 2 nitrogen and oxygen atoms in total. The van der Waals surface area contributed by atoms with E-state index in [0.717, 1.165) is 17.7 Å². The number of hydrogen-bond acceptors (Lipinski definition) is 2. The van der Waals surface area contributed by atoms with Gasteiger partial charge >= 0.3 is 6.18 Å². The van der Waals surface area contributed by atoms with Gasteiger partial charge < -0.3 is 0 Å². The summed E-state index contributed by atoms with van der Waals surface area (Å²) in [5.41, 5.74) is 0.625. The zero-order chi connectivity index (χ0) is 14.8. The molecular formula is C15H12F3NO. The van der Waals surface area contributed by atoms with Crippen LogP contribution in [-0.2, 0) is 12.6 Å². The lowest BCUT2D eigenvalue weighted by molar-refractivity contribution is -0.137. The predicted molar refractivity (Wildman–Crippen MR) is 68.5 cm³/mol. The minimum atomic E-state index is -4.39. The summed E-state index contributed by atoms with van der Waals surface area (Å²) in [6.07, 6.45) is -1.11. The van der Waals surface area contributed by atoms with Gasteiger partial charge in [0.1, 0.15) is 0 Å². The molecule has 0 N–H and O–H groups in total. The number of nitrogens with zero attached hydrogens (tertiary/aromatic N) is 1. The van der Waals surface area contributed by atoms with Gasteiger partial charge in [-0.05, 0) is 36.2 Å². The van der Waals surface area contributed by atoms with Gasteiger partial charge in [0, 0.05) is 24.4 Å². The smallest absolute Gasteiger partial charge is 0.294 e. The van der Waals surface area contributed by atoms with E-state index in [9.17, 15) is 18.0 Å². The number of hydrogen-bond donors (Lipinski definition) is 0. The fourth-order valence-corrected chi connectivity index (χ4v) is 1.94. The maximum absolute atomic E-state index is 12.6. The van der Waals surface area contributed by atoms with Crippen molar-refractivity contribution in [1.29, 1.82) is 0 Å². The molecule has 0 fully saturated rings. The standard InChI is InChI=1S/C15H12F3NO/c1-10-7-12(15(16,17)18)4-5-13(10)14(20)8-11-3-2-6-19-9-11/h2-7,9H,8H2,1H3. The maximum atomic E-state index is 12.6. The molecule has 0 saturated carbocycles. The topological polar surface area (TPSA) is 30.0 Å². The number of aryl methyl sites for hydroxylation is 1. The van der Waals surface area contributed by atoms with Crippen molar-refractivity contribution < 1.29 is 18.0 Å². The van der Waals surface area contributed by atoms with Crippen LogP contribution in [0.2, 0.25) is 0 Å². The van der Waals surface area contributed by atoms with Gasteiger partial charge in [-0.3, -0.25) is 9.78 Å². The normalized spacial score (nSPS) is 11.4. The Balaban J connectivity index is 2.23. The Kier molecular flexibility index (Phi) is 3.88. The number of carbonyl (C=O) groups excluding carboxylic acids is 1. The number of halogens is 3. The zero-order valence-corrected chi connectivity index (χ0v) is 10.7. The van der Waals surface area contributed by atoms with Crippen LogP contribution < -0.4 is 0 Å². The van der Waals surface area contributed by atoms with Crippen LogP contribution in [0.15, 0.2) is 42.7 Å². The van der Waals surface area contributed by atoms with Gasteiger partial charge in [0.05, 0.1) is 5.56 Å². The number of aromatic nitrogens is 1. The van der Waals surface area contributed by atoms with Gasteiger partial charge in [0.25, 0.3) is 0 Å². The summed E-state index contributed by atoms with van der Waals surface area (Å²) in [6, 6.07) is 6.63. The Morgan fingerprint density at radius 1 is 1.25 bits per heavy atom. The average Bonchev–Trinajstić information content (AvgIpc) is 2.38. The van der Waals surface area contributed by atoms with Gasteiger partial charge in [0.15, 0.2) is 5.78 Å². The van der Waals surface area contributed by atoms with Crippen LogP contribution in [0.1, 0.15) is 27.0 Å². The first-order valence-electron chi connectivity index (χ1n) is 5.98. The second-order valence-corrected chi connectivity index (χ2v) is 4.49. The van der Waals surface area contributed by atoms with Gasteiger partial charge in [0.2, 0.25) is 0 Å². The number of pyridine rings is 1. The van der Waals surface area contributed by atoms with Crippen molar-refractivity contribution in [3.8, 4) is 0 Å². The largest absolute Gasteiger partial charge is 0.416 e. The summed E-state index contributed by atoms with van der Waals surface area (Å²) in [6.45, 7) is 1.51. The third-order valence-corrected chi connectivity index (χ3v) is 2.94. The molecule has 5 heteroatoms. The second kappa shape index (κ2) is 5.45. The van der Waals surface area contributed by atoms with Crippen LogP contribution in [0.25, 0.3) is 0 Å². The summed E-state index contributed by atoms with van der Waals surface area (Å²) in [5, 5.41) is 0. The van der Waals surface area contributed by atoms with Crippen molar-refractivity contribution in [2.75, 3.05) is 0 Å². The highest BCUT2D eigenvalue weighted by atomic mass is 19.4. The number of ketones is 1. The molecule has 0 aliphatic rings. The van der Waals surface area contributed by atoms with E-state index in [4.69, 9.17) is 0 Å². The third-order valence-electron chi connectivity index (χ3n) is 2.94. The Bertz CT molecular complexity index is 621. The van der Waals surface area contributed by atoms with Gasteiger partial charge in [-0.15, -0.1) is 0 Å². The number of carbonyl (C=O) groups is 1. The van der Waals surface area contributed by atoms with Crippen molar-refractivity contribution >= 4 is 5.78 Å². The number of Topliss-reactive ketones (excluding diaryl/α,β-unsaturated/α-hetero) is 1. The molecule has 0 unspecified atom stereocenters. The van der Waals surface area contributed by atoms with Crippen LogP contribution in [0, 0.1) is 6.92 Å². The molecule has 0 spiro atoms. The van der Waals surface area contributed by atoms with Crippen molar-refractivity contribution in [1.82, 2.24) is 4.98 Å². The van der Waals surface area contributed by atoms with E-state index < -0.39 is 11.7 Å². The van der Waals surface area contributed by atoms with Crippen LogP contribution in [0.3, 0.4) is 0 Å². The minimum absolute atomic E-state index is 0.125. The Morgan fingerprint density at radius 2 is 2.00 bits per heavy atom. The molecule has 0 atom stereocenters. The van der Waals surface area contributed by atoms with Crippen LogP contribution >= 0.6 is 0 Å². The quantitative estimate of drug-likeness (QED) is 0.799. The fraction of sp³-hybridized carbons (Fsp3) is 0.200. The minimum Gasteiger partial charge on any atom is -0.294 e. The van der Waals surface area contributed by atoms with Gasteiger partial charge in [-0.1, -0.05) is 12.1 Å². The van der Waals surface area contributed by atoms with E-state index in [0.29, 0.717) is 11.1 Å². The zero-order valence-electron chi connectivity index (χ0n) is 10.7. The lowest BCUT2D eigenvalue weighted by Crippen LogP contribution is -2.09. The number of alkyl halides is 3. The van der Waals surface area contributed by atoms with Crippen molar-refractivity contribution in [3.63, 3.8) is 0 Å². The monoisotopic (exact) mass is 279 g/mol. The highest BCUT2D eigenvalue weighted by molar-refractivity contribution is 5.98. The summed E-state index contributed by atoms with van der Waals surface area (Å²) < 4.78 is 37.7. The molecule has 1 aromatic heterocycles. The van der Waals surface area contributed by atoms with Crippen LogP contribution in [0.5, 0.6) is 0 Å². The van der Waals surface area contributed by atoms with Crippen LogP contribution in [0.4, 0.5) is 13.2 Å². The summed E-state index contributed by atoms with van der Waals surface area (Å²) >= 11 is 0. The van der Waals surface area contributed by atoms with E-state index in [1.54, 1.807) is 24.5 Å². The molecule has 0 aliphatic heterocycles. The van der Waals surface area contributed by atoms with Crippen molar-refractivity contribution in [2.24, 2.45) is 0 Å². The molecule has 2 rings (SSSR count). The van der Waals surface area contributed by atoms with E-state index in [-0.39, 0.29) is 12.2 Å². The third kappa shape index (κ3) is 3.23. The molecule has 0 aliphatic carbocycles. The van der Waals surface area contributed by atoms with E-state index in [1.165, 1.54) is 13.0 Å². The Hall–Kier alpha value is -2.17. The molecule has 0 amide bonds. The Morgan fingerprint density at radius 3 is 2.55 bits per heavy atom. The fourth-order valence-electron chi connectivity index (χ4n) is 1.94. The molecule has 104 valence electrons. The molecule has 0 bridgehead atoms. The van der Waals surface area contributed by atoms with Crippen LogP contribution in [-0.4, -0.2) is 10.8 Å². The predicted octanol–water partition coefficient (Wildman–Crippen LogP) is 3.83. The second-order valence-electron chi connectivity index (χ2n) is 4.49. The number of benzene rings is 1. The van der Waals surface area contributed by atoms with E-state index >= 15 is 0 Å². The van der Waals surface area contributed by atoms with Gasteiger partial charge in [-0.25, -0.2) is 0 Å². The number of rotatable bonds is 3. The highest BCUT2D eigenvalue weighted by Crippen LogP contribution is 2.30. The summed E-state index contributed by atoms with van der Waals surface area (Å²) in [4.78, 5) is 16.0. The molecule has 1 heterocycles. The van der Waals surface area contributed by atoms with E-state index in [2.05, 4.69) is 4.98 Å². The Labute approximate surface area is 114 Å². The molecule has 2 aromatic rings. The summed E-state index contributed by atoms with van der Waals surface area (Å²) in [5.74, 6) is -0.218. The van der Waals surface area contributed by atoms with Gasteiger partial charge in [-0.2, -0.15) is 13.2 Å². The molecule has 0 saturated heterocycles. The SMILES string of the molecule is Cc1cc(C(F)(F)F)ccc1C(=O)Cc1cccnc1. The van der Waals surface area contributed by atoms with Crippen molar-refractivity contribution in [2.45, 2.75) is 19.5 Å². The summed E-state index contributed by atoms with van der Waals surface area (Å²) in [7, 11) is 0. The highest BCUT2D eigenvalue weighted by Gasteiger charge is 2.30. The molecular weight excluding hydrogens is 267 g/mol. The molecule has 0 radical (unpaired) electrons. The molecule has 20 heavy (non-hydrogen) atoms.